The van der Waals surface area contributed by atoms with E-state index in [4.69, 9.17) is 25.5 Å². The SMILES string of the molecule is COc1cc(C(=O)NCCNC(=O)c2ccco2)ccc1OCc1ccccc1Cl. The van der Waals surface area contributed by atoms with E-state index in [2.05, 4.69) is 10.6 Å². The molecule has 0 fully saturated rings. The van der Waals surface area contributed by atoms with E-state index in [-0.39, 0.29) is 37.3 Å². The van der Waals surface area contributed by atoms with Gasteiger partial charge in [-0.1, -0.05) is 29.8 Å². The third-order valence-corrected chi connectivity index (χ3v) is 4.58. The van der Waals surface area contributed by atoms with Gasteiger partial charge in [-0.15, -0.1) is 0 Å². The van der Waals surface area contributed by atoms with Gasteiger partial charge in [-0.05, 0) is 36.4 Å². The van der Waals surface area contributed by atoms with Gasteiger partial charge in [0, 0.05) is 29.2 Å². The number of hydrogen-bond donors (Lipinski definition) is 2. The van der Waals surface area contributed by atoms with Crippen molar-refractivity contribution in [2.75, 3.05) is 20.2 Å². The zero-order chi connectivity index (χ0) is 21.3. The normalized spacial score (nSPS) is 10.3. The van der Waals surface area contributed by atoms with Gasteiger partial charge in [0.05, 0.1) is 13.4 Å². The minimum absolute atomic E-state index is 0.221. The summed E-state index contributed by atoms with van der Waals surface area (Å²) in [6.45, 7) is 0.802. The lowest BCUT2D eigenvalue weighted by molar-refractivity contribution is 0.0910. The number of ether oxygens (including phenoxy) is 2. The highest BCUT2D eigenvalue weighted by molar-refractivity contribution is 6.31. The van der Waals surface area contributed by atoms with E-state index in [0.717, 1.165) is 5.56 Å². The number of benzene rings is 2. The van der Waals surface area contributed by atoms with E-state index < -0.39 is 0 Å². The Bertz CT molecular complexity index is 1000. The fraction of sp³-hybridized carbons (Fsp3) is 0.182. The van der Waals surface area contributed by atoms with Gasteiger partial charge in [0.1, 0.15) is 6.61 Å². The summed E-state index contributed by atoms with van der Waals surface area (Å²) in [6.07, 6.45) is 1.42. The van der Waals surface area contributed by atoms with E-state index in [1.165, 1.54) is 13.4 Å². The van der Waals surface area contributed by atoms with Crippen LogP contribution in [0.15, 0.2) is 65.3 Å². The van der Waals surface area contributed by atoms with Crippen molar-refractivity contribution in [2.45, 2.75) is 6.61 Å². The van der Waals surface area contributed by atoms with Crippen molar-refractivity contribution in [3.05, 3.63) is 82.8 Å². The van der Waals surface area contributed by atoms with Crippen LogP contribution < -0.4 is 20.1 Å². The minimum atomic E-state index is -0.337. The summed E-state index contributed by atoms with van der Waals surface area (Å²) >= 11 is 6.14. The Labute approximate surface area is 178 Å². The molecule has 0 spiro atoms. The molecule has 2 aromatic carbocycles. The third kappa shape index (κ3) is 5.55. The Morgan fingerprint density at radius 2 is 1.73 bits per heavy atom. The number of amides is 2. The van der Waals surface area contributed by atoms with E-state index in [9.17, 15) is 9.59 Å². The summed E-state index contributed by atoms with van der Waals surface area (Å²) in [5.74, 6) is 0.521. The van der Waals surface area contributed by atoms with E-state index >= 15 is 0 Å². The van der Waals surface area contributed by atoms with Crippen LogP contribution in [-0.2, 0) is 6.61 Å². The number of carbonyl (C=O) groups excluding carboxylic acids is 2. The van der Waals surface area contributed by atoms with Crippen LogP contribution in [0.1, 0.15) is 26.5 Å². The summed E-state index contributed by atoms with van der Waals surface area (Å²) in [4.78, 5) is 24.1. The van der Waals surface area contributed by atoms with E-state index in [1.807, 2.05) is 18.2 Å². The molecular formula is C22H21ClN2O5. The maximum Gasteiger partial charge on any atom is 0.287 e. The summed E-state index contributed by atoms with van der Waals surface area (Å²) in [6, 6.07) is 15.5. The van der Waals surface area contributed by atoms with Crippen LogP contribution in [0.3, 0.4) is 0 Å². The molecule has 3 rings (SSSR count). The quantitative estimate of drug-likeness (QED) is 0.507. The molecule has 30 heavy (non-hydrogen) atoms. The summed E-state index contributed by atoms with van der Waals surface area (Å²) in [5.41, 5.74) is 1.26. The Kier molecular flexibility index (Phi) is 7.34. The summed E-state index contributed by atoms with van der Waals surface area (Å²) in [5, 5.41) is 6.01. The first-order valence-corrected chi connectivity index (χ1v) is 9.60. The molecule has 0 bridgehead atoms. The van der Waals surface area contributed by atoms with Crippen molar-refractivity contribution in [1.82, 2.24) is 10.6 Å². The second-order valence-electron chi connectivity index (χ2n) is 6.23. The molecule has 0 radical (unpaired) electrons. The van der Waals surface area contributed by atoms with E-state index in [0.29, 0.717) is 22.1 Å². The molecule has 0 unspecified atom stereocenters. The lowest BCUT2D eigenvalue weighted by atomic mass is 10.2. The van der Waals surface area contributed by atoms with Crippen molar-refractivity contribution in [3.63, 3.8) is 0 Å². The molecule has 0 aliphatic heterocycles. The zero-order valence-electron chi connectivity index (χ0n) is 16.3. The van der Waals surface area contributed by atoms with Crippen LogP contribution in [0.5, 0.6) is 11.5 Å². The minimum Gasteiger partial charge on any atom is -0.493 e. The Hall–Kier alpha value is -3.45. The Morgan fingerprint density at radius 1 is 0.967 bits per heavy atom. The van der Waals surface area contributed by atoms with Crippen LogP contribution in [0, 0.1) is 0 Å². The highest BCUT2D eigenvalue weighted by Crippen LogP contribution is 2.29. The van der Waals surface area contributed by atoms with Crippen molar-refractivity contribution in [1.29, 1.82) is 0 Å². The molecule has 8 heteroatoms. The molecule has 0 saturated carbocycles. The number of carbonyl (C=O) groups is 2. The number of furan rings is 1. The standard InChI is InChI=1S/C22H21ClN2O5/c1-28-20-13-15(8-9-18(20)30-14-16-5-2-3-6-17(16)23)21(26)24-10-11-25-22(27)19-7-4-12-29-19/h2-9,12-13H,10-11,14H2,1H3,(H,24,26)(H,25,27). The third-order valence-electron chi connectivity index (χ3n) is 4.21. The lowest BCUT2D eigenvalue weighted by Crippen LogP contribution is -2.34. The largest absolute Gasteiger partial charge is 0.493 e. The molecule has 0 saturated heterocycles. The van der Waals surface area contributed by atoms with Gasteiger partial charge in [-0.3, -0.25) is 9.59 Å². The highest BCUT2D eigenvalue weighted by atomic mass is 35.5. The predicted octanol–water partition coefficient (Wildman–Crippen LogP) is 3.68. The fourth-order valence-corrected chi connectivity index (χ4v) is 2.84. The maximum absolute atomic E-state index is 12.4. The first-order valence-electron chi connectivity index (χ1n) is 9.22. The lowest BCUT2D eigenvalue weighted by Gasteiger charge is -2.13. The second kappa shape index (κ2) is 10.4. The molecule has 3 aromatic rings. The fourth-order valence-electron chi connectivity index (χ4n) is 2.65. The smallest absolute Gasteiger partial charge is 0.287 e. The molecule has 2 amide bonds. The van der Waals surface area contributed by atoms with Crippen LogP contribution in [-0.4, -0.2) is 32.0 Å². The van der Waals surface area contributed by atoms with Gasteiger partial charge < -0.3 is 24.5 Å². The molecule has 0 aliphatic carbocycles. The van der Waals surface area contributed by atoms with Gasteiger partial charge in [0.15, 0.2) is 17.3 Å². The van der Waals surface area contributed by atoms with Crippen molar-refractivity contribution in [3.8, 4) is 11.5 Å². The van der Waals surface area contributed by atoms with Crippen molar-refractivity contribution in [2.24, 2.45) is 0 Å². The molecule has 2 N–H and O–H groups in total. The molecule has 1 heterocycles. The van der Waals surface area contributed by atoms with Crippen molar-refractivity contribution >= 4 is 23.4 Å². The average Bonchev–Trinajstić information content (AvgIpc) is 3.31. The second-order valence-corrected chi connectivity index (χ2v) is 6.64. The van der Waals surface area contributed by atoms with Gasteiger partial charge in [0.25, 0.3) is 11.8 Å². The predicted molar refractivity (Wildman–Crippen MR) is 112 cm³/mol. The van der Waals surface area contributed by atoms with Crippen LogP contribution in [0.25, 0.3) is 0 Å². The number of nitrogens with one attached hydrogen (secondary N) is 2. The topological polar surface area (TPSA) is 89.8 Å². The highest BCUT2D eigenvalue weighted by Gasteiger charge is 2.12. The van der Waals surface area contributed by atoms with E-state index in [1.54, 1.807) is 36.4 Å². The Balaban J connectivity index is 1.52. The molecule has 156 valence electrons. The van der Waals surface area contributed by atoms with Crippen LogP contribution in [0.4, 0.5) is 0 Å². The molecular weight excluding hydrogens is 408 g/mol. The molecule has 1 aromatic heterocycles. The average molecular weight is 429 g/mol. The first kappa shape index (κ1) is 21.3. The molecule has 7 nitrogen and oxygen atoms in total. The molecule has 0 atom stereocenters. The van der Waals surface area contributed by atoms with Crippen molar-refractivity contribution < 1.29 is 23.5 Å². The van der Waals surface area contributed by atoms with Gasteiger partial charge in [0.2, 0.25) is 0 Å². The van der Waals surface area contributed by atoms with Crippen LogP contribution >= 0.6 is 11.6 Å². The monoisotopic (exact) mass is 428 g/mol. The summed E-state index contributed by atoms with van der Waals surface area (Å²) < 4.78 is 16.1. The zero-order valence-corrected chi connectivity index (χ0v) is 17.1. The summed E-state index contributed by atoms with van der Waals surface area (Å²) in [7, 11) is 1.50. The maximum atomic E-state index is 12.4. The molecule has 0 aliphatic rings. The first-order chi connectivity index (χ1) is 14.6. The Morgan fingerprint density at radius 3 is 2.43 bits per heavy atom. The number of rotatable bonds is 9. The van der Waals surface area contributed by atoms with Gasteiger partial charge >= 0.3 is 0 Å². The number of halogens is 1. The number of hydrogen-bond acceptors (Lipinski definition) is 5. The van der Waals surface area contributed by atoms with Gasteiger partial charge in [-0.25, -0.2) is 0 Å². The van der Waals surface area contributed by atoms with Gasteiger partial charge in [-0.2, -0.15) is 0 Å². The number of methoxy groups -OCH3 is 1. The van der Waals surface area contributed by atoms with Crippen LogP contribution in [0.2, 0.25) is 5.02 Å².